The van der Waals surface area contributed by atoms with Gasteiger partial charge in [0.25, 0.3) is 0 Å². The topological polar surface area (TPSA) is 53.0 Å². The molecule has 84 valence electrons. The normalized spacial score (nSPS) is 10.1. The van der Waals surface area contributed by atoms with Crippen LogP contribution in [0.25, 0.3) is 10.2 Å². The van der Waals surface area contributed by atoms with Crippen LogP contribution in [0.2, 0.25) is 0 Å². The van der Waals surface area contributed by atoms with Gasteiger partial charge in [-0.15, -0.1) is 11.3 Å². The molecule has 0 saturated carbocycles. The van der Waals surface area contributed by atoms with Crippen molar-refractivity contribution in [2.24, 2.45) is 0 Å². The van der Waals surface area contributed by atoms with Gasteiger partial charge in [0.05, 0.1) is 10.2 Å². The molecule has 0 atom stereocenters. The van der Waals surface area contributed by atoms with Gasteiger partial charge in [-0.25, -0.2) is 4.98 Å². The number of carbonyl (C=O) groups is 1. The first-order valence-electron chi connectivity index (χ1n) is 4.94. The van der Waals surface area contributed by atoms with Crippen molar-refractivity contribution in [1.29, 1.82) is 0 Å². The van der Waals surface area contributed by atoms with Crippen molar-refractivity contribution in [3.8, 4) is 0 Å². The number of carboxylic acids is 1. The number of fused-ring (bicyclic) bond motifs is 1. The Labute approximate surface area is 130 Å². The van der Waals surface area contributed by atoms with Gasteiger partial charge in [-0.1, -0.05) is 23.9 Å². The maximum absolute atomic E-state index is 10.2. The number of aromatic nitrogens is 1. The van der Waals surface area contributed by atoms with Crippen LogP contribution in [0.5, 0.6) is 0 Å². The minimum atomic E-state index is -0.982. The van der Waals surface area contributed by atoms with E-state index in [9.17, 15) is 9.90 Å². The van der Waals surface area contributed by atoms with E-state index in [1.54, 1.807) is 23.1 Å². The summed E-state index contributed by atoms with van der Waals surface area (Å²) in [4.78, 5) is 14.7. The predicted octanol–water partition coefficient (Wildman–Crippen LogP) is -1.08. The fraction of sp³-hybridized carbons (Fsp3) is 0.273. The molecule has 1 aromatic heterocycles. The quantitative estimate of drug-likeness (QED) is 0.396. The molecule has 0 unspecified atom stereocenters. The second kappa shape index (κ2) is 7.38. The van der Waals surface area contributed by atoms with Crippen LogP contribution in [0.3, 0.4) is 0 Å². The molecule has 1 aromatic carbocycles. The minimum absolute atomic E-state index is 0. The maximum Gasteiger partial charge on any atom is 1.00 e. The van der Waals surface area contributed by atoms with Gasteiger partial charge in [-0.3, -0.25) is 0 Å². The SMILES string of the molecule is O=C([O-])CCCSc1nc2ccccc2s1.[Na+]. The summed E-state index contributed by atoms with van der Waals surface area (Å²) in [7, 11) is 0. The number of nitrogens with zero attached hydrogens (tertiary/aromatic N) is 1. The number of thiazole rings is 1. The van der Waals surface area contributed by atoms with Gasteiger partial charge in [0.15, 0.2) is 4.34 Å². The maximum atomic E-state index is 10.2. The van der Waals surface area contributed by atoms with E-state index in [0.717, 1.165) is 15.6 Å². The monoisotopic (exact) mass is 275 g/mol. The number of carbonyl (C=O) groups excluding carboxylic acids is 1. The number of benzene rings is 1. The van der Waals surface area contributed by atoms with E-state index in [0.29, 0.717) is 6.42 Å². The summed E-state index contributed by atoms with van der Waals surface area (Å²) in [6.45, 7) is 0. The zero-order valence-corrected chi connectivity index (χ0v) is 13.1. The van der Waals surface area contributed by atoms with Gasteiger partial charge in [0, 0.05) is 11.7 Å². The molecule has 0 aliphatic rings. The van der Waals surface area contributed by atoms with Crippen LogP contribution < -0.4 is 34.7 Å². The second-order valence-electron chi connectivity index (χ2n) is 3.27. The largest absolute Gasteiger partial charge is 1.00 e. The molecule has 0 aliphatic heterocycles. The molecule has 0 N–H and O–H groups in total. The van der Waals surface area contributed by atoms with Crippen molar-refractivity contribution in [3.63, 3.8) is 0 Å². The Balaban J connectivity index is 0.00000144. The first-order chi connectivity index (χ1) is 7.75. The van der Waals surface area contributed by atoms with Gasteiger partial charge < -0.3 is 9.90 Å². The Morgan fingerprint density at radius 1 is 1.41 bits per heavy atom. The van der Waals surface area contributed by atoms with Crippen molar-refractivity contribution in [3.05, 3.63) is 24.3 Å². The molecule has 0 spiro atoms. The first kappa shape index (κ1) is 15.0. The number of para-hydroxylation sites is 1. The second-order valence-corrected chi connectivity index (χ2v) is 5.64. The Hall–Kier alpha value is -0.0700. The van der Waals surface area contributed by atoms with Crippen LogP contribution in [0.4, 0.5) is 0 Å². The number of hydrogen-bond donors (Lipinski definition) is 0. The van der Waals surface area contributed by atoms with Crippen LogP contribution in [-0.4, -0.2) is 16.7 Å². The van der Waals surface area contributed by atoms with E-state index in [1.165, 1.54) is 4.70 Å². The third kappa shape index (κ3) is 4.60. The Kier molecular flexibility index (Phi) is 6.51. The molecule has 17 heavy (non-hydrogen) atoms. The Morgan fingerprint density at radius 2 is 2.18 bits per heavy atom. The summed E-state index contributed by atoms with van der Waals surface area (Å²) in [6, 6.07) is 7.98. The fourth-order valence-electron chi connectivity index (χ4n) is 1.29. The first-order valence-corrected chi connectivity index (χ1v) is 6.74. The smallest absolute Gasteiger partial charge is 0.550 e. The molecule has 0 bridgehead atoms. The molecule has 6 heteroatoms. The number of hydrogen-bond acceptors (Lipinski definition) is 5. The number of aliphatic carboxylic acids is 1. The van der Waals surface area contributed by atoms with E-state index in [2.05, 4.69) is 4.98 Å². The zero-order valence-electron chi connectivity index (χ0n) is 9.51. The van der Waals surface area contributed by atoms with Crippen molar-refractivity contribution < 1.29 is 39.5 Å². The molecule has 0 radical (unpaired) electrons. The van der Waals surface area contributed by atoms with Crippen molar-refractivity contribution in [2.75, 3.05) is 5.75 Å². The molecule has 3 nitrogen and oxygen atoms in total. The molecule has 0 saturated heterocycles. The van der Waals surface area contributed by atoms with Crippen molar-refractivity contribution in [2.45, 2.75) is 17.2 Å². The fourth-order valence-corrected chi connectivity index (χ4v) is 3.37. The third-order valence-electron chi connectivity index (χ3n) is 2.03. The molecular formula is C11H10NNaO2S2. The minimum Gasteiger partial charge on any atom is -0.550 e. The summed E-state index contributed by atoms with van der Waals surface area (Å²) in [5.41, 5.74) is 1.01. The third-order valence-corrected chi connectivity index (χ3v) is 4.29. The average molecular weight is 275 g/mol. The zero-order chi connectivity index (χ0) is 11.4. The Morgan fingerprint density at radius 3 is 2.88 bits per heavy atom. The number of carboxylic acid groups (broad SMARTS) is 1. The van der Waals surface area contributed by atoms with Crippen LogP contribution in [-0.2, 0) is 4.79 Å². The van der Waals surface area contributed by atoms with Crippen molar-refractivity contribution >= 4 is 39.3 Å². The molecular weight excluding hydrogens is 265 g/mol. The molecule has 1 heterocycles. The molecule has 2 rings (SSSR count). The van der Waals surface area contributed by atoms with Gasteiger partial charge in [-0.05, 0) is 25.0 Å². The summed E-state index contributed by atoms with van der Waals surface area (Å²) in [5.74, 6) is -0.210. The van der Waals surface area contributed by atoms with Gasteiger partial charge >= 0.3 is 29.6 Å². The van der Waals surface area contributed by atoms with Gasteiger partial charge in [0.1, 0.15) is 0 Å². The van der Waals surface area contributed by atoms with Gasteiger partial charge in [0.2, 0.25) is 0 Å². The molecule has 2 aromatic rings. The molecule has 0 amide bonds. The van der Waals surface area contributed by atoms with E-state index >= 15 is 0 Å². The molecule has 0 fully saturated rings. The summed E-state index contributed by atoms with van der Waals surface area (Å²) < 4.78 is 2.17. The van der Waals surface area contributed by atoms with E-state index in [4.69, 9.17) is 0 Å². The van der Waals surface area contributed by atoms with Gasteiger partial charge in [-0.2, -0.15) is 0 Å². The van der Waals surface area contributed by atoms with Crippen LogP contribution in [0, 0.1) is 0 Å². The van der Waals surface area contributed by atoms with Crippen molar-refractivity contribution in [1.82, 2.24) is 4.98 Å². The number of thioether (sulfide) groups is 1. The predicted molar refractivity (Wildman–Crippen MR) is 64.6 cm³/mol. The Bertz CT molecular complexity index is 468. The van der Waals surface area contributed by atoms with E-state index < -0.39 is 5.97 Å². The average Bonchev–Trinajstić information content (AvgIpc) is 2.66. The van der Waals surface area contributed by atoms with Crippen LogP contribution in [0.15, 0.2) is 28.6 Å². The number of rotatable bonds is 5. The summed E-state index contributed by atoms with van der Waals surface area (Å²) >= 11 is 3.25. The van der Waals surface area contributed by atoms with E-state index in [1.807, 2.05) is 24.3 Å². The van der Waals surface area contributed by atoms with Crippen LogP contribution >= 0.6 is 23.1 Å². The van der Waals surface area contributed by atoms with Crippen LogP contribution in [0.1, 0.15) is 12.8 Å². The standard InChI is InChI=1S/C11H11NO2S2.Na/c13-10(14)6-3-7-15-11-12-8-4-1-2-5-9(8)16-11;/h1-2,4-5H,3,6-7H2,(H,13,14);/q;+1/p-1. The molecule has 0 aliphatic carbocycles. The summed E-state index contributed by atoms with van der Waals surface area (Å²) in [6.07, 6.45) is 0.751. The summed E-state index contributed by atoms with van der Waals surface area (Å²) in [5, 5.41) is 10.2. The van der Waals surface area contributed by atoms with E-state index in [-0.39, 0.29) is 36.0 Å².